The van der Waals surface area contributed by atoms with E-state index in [4.69, 9.17) is 27.9 Å². The Morgan fingerprint density at radius 1 is 1.04 bits per heavy atom. The van der Waals surface area contributed by atoms with E-state index < -0.39 is 0 Å². The molecule has 27 heavy (non-hydrogen) atoms. The van der Waals surface area contributed by atoms with Gasteiger partial charge in [0.2, 0.25) is 5.91 Å². The molecule has 0 spiro atoms. The Morgan fingerprint density at radius 2 is 1.67 bits per heavy atom. The zero-order valence-corrected chi connectivity index (χ0v) is 17.1. The Labute approximate surface area is 170 Å². The fraction of sp³-hybridized carbons (Fsp3) is 0.600. The van der Waals surface area contributed by atoms with Crippen LogP contribution in [0.3, 0.4) is 0 Å². The van der Waals surface area contributed by atoms with Gasteiger partial charge >= 0.3 is 0 Å². The zero-order valence-electron chi connectivity index (χ0n) is 15.6. The summed E-state index contributed by atoms with van der Waals surface area (Å²) in [7, 11) is 1.46. The average Bonchev–Trinajstić information content (AvgIpc) is 2.70. The van der Waals surface area contributed by atoms with Gasteiger partial charge in [0.1, 0.15) is 5.56 Å². The van der Waals surface area contributed by atoms with Crippen molar-refractivity contribution in [3.05, 3.63) is 27.7 Å². The number of hydrogen-bond acceptors (Lipinski definition) is 3. The van der Waals surface area contributed by atoms with Crippen molar-refractivity contribution < 1.29 is 14.3 Å². The maximum atomic E-state index is 12.7. The summed E-state index contributed by atoms with van der Waals surface area (Å²) in [6, 6.07) is 3.20. The van der Waals surface area contributed by atoms with Crippen molar-refractivity contribution in [2.45, 2.75) is 51.0 Å². The fourth-order valence-corrected chi connectivity index (χ4v) is 4.52. The van der Waals surface area contributed by atoms with Crippen LogP contribution in [0.1, 0.15) is 55.3 Å². The first-order valence-corrected chi connectivity index (χ1v) is 10.4. The first kappa shape index (κ1) is 20.3. The van der Waals surface area contributed by atoms with Crippen LogP contribution in [0.15, 0.2) is 12.1 Å². The van der Waals surface area contributed by atoms with Crippen molar-refractivity contribution in [1.29, 1.82) is 0 Å². The molecule has 5 nitrogen and oxygen atoms in total. The summed E-state index contributed by atoms with van der Waals surface area (Å²) in [5.41, 5.74) is 0.257. The van der Waals surface area contributed by atoms with E-state index in [9.17, 15) is 9.59 Å². The minimum atomic E-state index is -0.295. The summed E-state index contributed by atoms with van der Waals surface area (Å²) >= 11 is 12.3. The second-order valence-corrected chi connectivity index (χ2v) is 8.16. The molecule has 1 heterocycles. The first-order valence-electron chi connectivity index (χ1n) is 9.63. The lowest BCUT2D eigenvalue weighted by Crippen LogP contribution is -2.48. The number of carbonyl (C=O) groups is 2. The van der Waals surface area contributed by atoms with Crippen molar-refractivity contribution in [2.75, 3.05) is 20.2 Å². The lowest BCUT2D eigenvalue weighted by atomic mass is 9.87. The quantitative estimate of drug-likeness (QED) is 0.801. The zero-order chi connectivity index (χ0) is 19.4. The smallest absolute Gasteiger partial charge is 0.256 e. The molecule has 0 bridgehead atoms. The van der Waals surface area contributed by atoms with Crippen molar-refractivity contribution in [1.82, 2.24) is 10.2 Å². The van der Waals surface area contributed by atoms with E-state index in [2.05, 4.69) is 5.32 Å². The van der Waals surface area contributed by atoms with E-state index in [0.717, 1.165) is 38.5 Å². The Bertz CT molecular complexity index is 697. The second kappa shape index (κ2) is 9.16. The van der Waals surface area contributed by atoms with E-state index in [1.165, 1.54) is 13.5 Å². The number of benzene rings is 1. The largest absolute Gasteiger partial charge is 0.494 e. The molecular weight excluding hydrogens is 387 g/mol. The van der Waals surface area contributed by atoms with Gasteiger partial charge in [-0.25, -0.2) is 0 Å². The molecule has 1 saturated carbocycles. The molecule has 148 valence electrons. The molecule has 1 N–H and O–H groups in total. The predicted molar refractivity (Wildman–Crippen MR) is 107 cm³/mol. The molecule has 2 aliphatic rings. The number of piperidine rings is 1. The van der Waals surface area contributed by atoms with Crippen LogP contribution >= 0.6 is 23.2 Å². The van der Waals surface area contributed by atoms with E-state index in [1.807, 2.05) is 4.90 Å². The molecule has 0 aromatic heterocycles. The fourth-order valence-electron chi connectivity index (χ4n) is 4.05. The van der Waals surface area contributed by atoms with E-state index in [1.54, 1.807) is 12.1 Å². The van der Waals surface area contributed by atoms with Gasteiger partial charge < -0.3 is 15.0 Å². The van der Waals surface area contributed by atoms with Crippen LogP contribution < -0.4 is 10.1 Å². The van der Waals surface area contributed by atoms with Gasteiger partial charge in [0.25, 0.3) is 5.91 Å². The number of hydrogen-bond donors (Lipinski definition) is 1. The molecule has 1 aliphatic heterocycles. The number of halogens is 2. The van der Waals surface area contributed by atoms with Crippen LogP contribution in [-0.4, -0.2) is 43.0 Å². The monoisotopic (exact) mass is 412 g/mol. The summed E-state index contributed by atoms with van der Waals surface area (Å²) in [6.07, 6.45) is 7.07. The van der Waals surface area contributed by atoms with Crippen molar-refractivity contribution in [3.63, 3.8) is 0 Å². The molecule has 7 heteroatoms. The molecule has 2 amide bonds. The van der Waals surface area contributed by atoms with Gasteiger partial charge in [0, 0.05) is 25.0 Å². The van der Waals surface area contributed by atoms with Crippen molar-refractivity contribution in [2.24, 2.45) is 5.92 Å². The van der Waals surface area contributed by atoms with Crippen molar-refractivity contribution in [3.8, 4) is 5.75 Å². The van der Waals surface area contributed by atoms with E-state index in [-0.39, 0.29) is 29.2 Å². The summed E-state index contributed by atoms with van der Waals surface area (Å²) in [5.74, 6) is 0.474. The summed E-state index contributed by atoms with van der Waals surface area (Å²) in [4.78, 5) is 27.3. The van der Waals surface area contributed by atoms with E-state index >= 15 is 0 Å². The van der Waals surface area contributed by atoms with Gasteiger partial charge in [0.05, 0.1) is 17.2 Å². The van der Waals surface area contributed by atoms with Crippen LogP contribution in [0.25, 0.3) is 0 Å². The standard InChI is InChI=1S/C20H26Cl2N2O3/c1-27-18-16(22)8-7-15(21)17(18)19(25)23-14-9-11-24(12-10-14)20(26)13-5-3-2-4-6-13/h7-8,13-14H,2-6,9-12H2,1H3,(H,23,25). The van der Waals surface area contributed by atoms with Crippen LogP contribution in [-0.2, 0) is 4.79 Å². The molecule has 0 radical (unpaired) electrons. The highest BCUT2D eigenvalue weighted by Crippen LogP contribution is 2.34. The van der Waals surface area contributed by atoms with Gasteiger partial charge in [-0.15, -0.1) is 0 Å². The van der Waals surface area contributed by atoms with Gasteiger partial charge in [-0.05, 0) is 37.8 Å². The summed E-state index contributed by atoms with van der Waals surface area (Å²) in [5, 5.41) is 3.67. The number of methoxy groups -OCH3 is 1. The van der Waals surface area contributed by atoms with Gasteiger partial charge in [-0.2, -0.15) is 0 Å². The second-order valence-electron chi connectivity index (χ2n) is 7.35. The number of ether oxygens (including phenoxy) is 1. The molecule has 3 rings (SSSR count). The molecular formula is C20H26Cl2N2O3. The highest BCUT2D eigenvalue weighted by atomic mass is 35.5. The van der Waals surface area contributed by atoms with Crippen LogP contribution in [0, 0.1) is 5.92 Å². The predicted octanol–water partition coefficient (Wildman–Crippen LogP) is 4.30. The molecule has 1 saturated heterocycles. The Balaban J connectivity index is 1.57. The number of carbonyl (C=O) groups excluding carboxylic acids is 2. The maximum absolute atomic E-state index is 12.7. The number of rotatable bonds is 4. The molecule has 1 aromatic rings. The van der Waals surface area contributed by atoms with Crippen molar-refractivity contribution >= 4 is 35.0 Å². The summed E-state index contributed by atoms with van der Waals surface area (Å²) in [6.45, 7) is 1.36. The average molecular weight is 413 g/mol. The summed E-state index contributed by atoms with van der Waals surface area (Å²) < 4.78 is 5.25. The highest BCUT2D eigenvalue weighted by Gasteiger charge is 2.30. The molecule has 2 fully saturated rings. The Kier molecular flexibility index (Phi) is 6.88. The molecule has 1 aliphatic carbocycles. The normalized spacial score (nSPS) is 19.0. The van der Waals surface area contributed by atoms with Gasteiger partial charge in [-0.1, -0.05) is 42.5 Å². The number of nitrogens with one attached hydrogen (secondary N) is 1. The minimum Gasteiger partial charge on any atom is -0.494 e. The minimum absolute atomic E-state index is 0.00709. The maximum Gasteiger partial charge on any atom is 0.256 e. The third-order valence-electron chi connectivity index (χ3n) is 5.59. The van der Waals surface area contributed by atoms with E-state index in [0.29, 0.717) is 29.0 Å². The third kappa shape index (κ3) is 4.69. The van der Waals surface area contributed by atoms with Gasteiger partial charge in [-0.3, -0.25) is 9.59 Å². The topological polar surface area (TPSA) is 58.6 Å². The molecule has 1 aromatic carbocycles. The molecule has 0 unspecified atom stereocenters. The lowest BCUT2D eigenvalue weighted by Gasteiger charge is -2.35. The lowest BCUT2D eigenvalue weighted by molar-refractivity contribution is -0.137. The van der Waals surface area contributed by atoms with Gasteiger partial charge in [0.15, 0.2) is 5.75 Å². The Hall–Kier alpha value is -1.46. The first-order chi connectivity index (χ1) is 13.0. The molecule has 0 atom stereocenters. The Morgan fingerprint density at radius 3 is 2.30 bits per heavy atom. The SMILES string of the molecule is COc1c(Cl)ccc(Cl)c1C(=O)NC1CCN(C(=O)C2CCCCC2)CC1. The number of nitrogens with zero attached hydrogens (tertiary/aromatic N) is 1. The van der Waals surface area contributed by atoms with Crippen LogP contribution in [0.2, 0.25) is 10.0 Å². The highest BCUT2D eigenvalue weighted by molar-refractivity contribution is 6.37. The third-order valence-corrected chi connectivity index (χ3v) is 6.20. The van der Waals surface area contributed by atoms with Crippen LogP contribution in [0.5, 0.6) is 5.75 Å². The number of likely N-dealkylation sites (tertiary alicyclic amines) is 1. The number of amides is 2. The van der Waals surface area contributed by atoms with Crippen LogP contribution in [0.4, 0.5) is 0 Å².